The van der Waals surface area contributed by atoms with E-state index in [0.29, 0.717) is 0 Å². The third-order valence-electron chi connectivity index (χ3n) is 2.63. The third-order valence-corrected chi connectivity index (χ3v) is 2.63. The lowest BCUT2D eigenvalue weighted by Gasteiger charge is -2.14. The fourth-order valence-corrected chi connectivity index (χ4v) is 1.83. The molecule has 4 heteroatoms. The van der Waals surface area contributed by atoms with Crippen molar-refractivity contribution >= 4 is 8.25 Å². The quantitative estimate of drug-likeness (QED) is 0.638. The van der Waals surface area contributed by atoms with E-state index < -0.39 is 8.25 Å². The summed E-state index contributed by atoms with van der Waals surface area (Å²) in [6, 6.07) is 0. The van der Waals surface area contributed by atoms with Crippen LogP contribution in [0.15, 0.2) is 0 Å². The lowest BCUT2D eigenvalue weighted by molar-refractivity contribution is 0.390. The molecular formula is C12H29O3P. The average molecular weight is 252 g/mol. The van der Waals surface area contributed by atoms with Crippen molar-refractivity contribution in [3.8, 4) is 0 Å². The van der Waals surface area contributed by atoms with E-state index in [9.17, 15) is 0 Å². The van der Waals surface area contributed by atoms with E-state index in [4.69, 9.17) is 14.4 Å². The molecule has 0 radical (unpaired) electrons. The van der Waals surface area contributed by atoms with Crippen molar-refractivity contribution in [1.82, 2.24) is 0 Å². The number of hydrogen-bond donors (Lipinski definition) is 2. The molecule has 0 aromatic carbocycles. The molecule has 3 nitrogen and oxygen atoms in total. The van der Waals surface area contributed by atoms with Crippen LogP contribution in [-0.2, 0) is 4.57 Å². The Morgan fingerprint density at radius 2 is 1.25 bits per heavy atom. The molecule has 0 amide bonds. The van der Waals surface area contributed by atoms with Crippen LogP contribution in [0.1, 0.15) is 72.1 Å². The van der Waals surface area contributed by atoms with Crippen LogP contribution < -0.4 is 0 Å². The highest BCUT2D eigenvalue weighted by Crippen LogP contribution is 2.20. The van der Waals surface area contributed by atoms with E-state index in [-0.39, 0.29) is 0 Å². The van der Waals surface area contributed by atoms with Crippen molar-refractivity contribution in [3.63, 3.8) is 0 Å². The highest BCUT2D eigenvalue weighted by Gasteiger charge is 2.05. The zero-order valence-electron chi connectivity index (χ0n) is 11.0. The largest absolute Gasteiger partial charge is 0.326 e. The Kier molecular flexibility index (Phi) is 17.5. The molecular weight excluding hydrogens is 223 g/mol. The van der Waals surface area contributed by atoms with Gasteiger partial charge >= 0.3 is 8.25 Å². The van der Waals surface area contributed by atoms with Crippen LogP contribution in [0.3, 0.4) is 0 Å². The molecule has 0 bridgehead atoms. The van der Waals surface area contributed by atoms with E-state index in [0.717, 1.165) is 5.92 Å². The Bertz CT molecular complexity index is 139. The average Bonchev–Trinajstić information content (AvgIpc) is 2.21. The van der Waals surface area contributed by atoms with Gasteiger partial charge in [-0.15, -0.1) is 0 Å². The fraction of sp³-hybridized carbons (Fsp3) is 1.00. The van der Waals surface area contributed by atoms with Crippen molar-refractivity contribution in [2.75, 3.05) is 0 Å². The molecule has 0 aromatic heterocycles. The summed E-state index contributed by atoms with van der Waals surface area (Å²) >= 11 is 0. The summed E-state index contributed by atoms with van der Waals surface area (Å²) in [6.07, 6.45) is 11.4. The Labute approximate surface area is 101 Å². The smallest absolute Gasteiger partial charge is 0.314 e. The minimum absolute atomic E-state index is 1.04. The highest BCUT2D eigenvalue weighted by atomic mass is 31.1. The SMILES string of the molecule is CCCCC(CCC)CCCC.O=[PH](O)O. The van der Waals surface area contributed by atoms with Gasteiger partial charge in [0, 0.05) is 0 Å². The summed E-state index contributed by atoms with van der Waals surface area (Å²) in [5, 5.41) is 0. The summed E-state index contributed by atoms with van der Waals surface area (Å²) < 4.78 is 8.74. The summed E-state index contributed by atoms with van der Waals surface area (Å²) in [5.74, 6) is 1.04. The van der Waals surface area contributed by atoms with Gasteiger partial charge in [0.1, 0.15) is 0 Å². The van der Waals surface area contributed by atoms with Gasteiger partial charge in [0.25, 0.3) is 0 Å². The second kappa shape index (κ2) is 15.1. The van der Waals surface area contributed by atoms with Crippen LogP contribution >= 0.6 is 8.25 Å². The van der Waals surface area contributed by atoms with Crippen molar-refractivity contribution < 1.29 is 14.4 Å². The van der Waals surface area contributed by atoms with Gasteiger partial charge in [-0.2, -0.15) is 0 Å². The highest BCUT2D eigenvalue weighted by molar-refractivity contribution is 7.30. The lowest BCUT2D eigenvalue weighted by atomic mass is 9.92. The first-order chi connectivity index (χ1) is 7.58. The zero-order valence-corrected chi connectivity index (χ0v) is 12.0. The summed E-state index contributed by atoms with van der Waals surface area (Å²) in [6.45, 7) is 6.90. The molecule has 0 saturated heterocycles. The molecule has 0 fully saturated rings. The van der Waals surface area contributed by atoms with Crippen molar-refractivity contribution in [1.29, 1.82) is 0 Å². The second-order valence-electron chi connectivity index (χ2n) is 4.22. The third kappa shape index (κ3) is 19.7. The first kappa shape index (κ1) is 18.5. The topological polar surface area (TPSA) is 57.5 Å². The predicted octanol–water partition coefficient (Wildman–Crippen LogP) is 4.14. The van der Waals surface area contributed by atoms with Gasteiger partial charge in [0.2, 0.25) is 0 Å². The van der Waals surface area contributed by atoms with Crippen LogP contribution in [0.5, 0.6) is 0 Å². The fourth-order valence-electron chi connectivity index (χ4n) is 1.83. The molecule has 0 aliphatic carbocycles. The molecule has 0 aliphatic rings. The molecule has 0 saturated carbocycles. The molecule has 0 aliphatic heterocycles. The van der Waals surface area contributed by atoms with Crippen LogP contribution in [0.25, 0.3) is 0 Å². The molecule has 2 N–H and O–H groups in total. The summed E-state index contributed by atoms with van der Waals surface area (Å²) in [5.41, 5.74) is 0. The Morgan fingerprint density at radius 1 is 0.875 bits per heavy atom. The Balaban J connectivity index is 0. The molecule has 0 aromatic rings. The maximum atomic E-state index is 8.74. The Hall–Kier alpha value is 0.150. The van der Waals surface area contributed by atoms with Crippen molar-refractivity contribution in [2.24, 2.45) is 5.92 Å². The van der Waals surface area contributed by atoms with Gasteiger partial charge in [-0.05, 0) is 5.92 Å². The molecule has 16 heavy (non-hydrogen) atoms. The van der Waals surface area contributed by atoms with Crippen LogP contribution in [-0.4, -0.2) is 9.79 Å². The maximum Gasteiger partial charge on any atom is 0.314 e. The number of hydrogen-bond acceptors (Lipinski definition) is 1. The van der Waals surface area contributed by atoms with Gasteiger partial charge in [-0.3, -0.25) is 4.57 Å². The summed E-state index contributed by atoms with van der Waals surface area (Å²) in [7, 11) is -3.13. The predicted molar refractivity (Wildman–Crippen MR) is 70.9 cm³/mol. The van der Waals surface area contributed by atoms with Crippen LogP contribution in [0.2, 0.25) is 0 Å². The van der Waals surface area contributed by atoms with Crippen molar-refractivity contribution in [2.45, 2.75) is 72.1 Å². The maximum absolute atomic E-state index is 8.74. The first-order valence-corrected chi connectivity index (χ1v) is 7.80. The monoisotopic (exact) mass is 252 g/mol. The number of rotatable bonds is 8. The molecule has 0 unspecified atom stereocenters. The number of unbranched alkanes of at least 4 members (excludes halogenated alkanes) is 2. The van der Waals surface area contributed by atoms with E-state index in [2.05, 4.69) is 20.8 Å². The van der Waals surface area contributed by atoms with E-state index >= 15 is 0 Å². The molecule has 0 spiro atoms. The molecule has 0 heterocycles. The summed E-state index contributed by atoms with van der Waals surface area (Å²) in [4.78, 5) is 14.3. The van der Waals surface area contributed by atoms with Gasteiger partial charge in [-0.1, -0.05) is 72.1 Å². The van der Waals surface area contributed by atoms with Crippen LogP contribution in [0, 0.1) is 5.92 Å². The van der Waals surface area contributed by atoms with Gasteiger partial charge in [-0.25, -0.2) is 0 Å². The van der Waals surface area contributed by atoms with Crippen molar-refractivity contribution in [3.05, 3.63) is 0 Å². The molecule has 0 atom stereocenters. The lowest BCUT2D eigenvalue weighted by Crippen LogP contribution is -1.99. The van der Waals surface area contributed by atoms with Gasteiger partial charge < -0.3 is 9.79 Å². The van der Waals surface area contributed by atoms with E-state index in [1.165, 1.54) is 51.4 Å². The van der Waals surface area contributed by atoms with Gasteiger partial charge in [0.05, 0.1) is 0 Å². The minimum Gasteiger partial charge on any atom is -0.326 e. The van der Waals surface area contributed by atoms with Gasteiger partial charge in [0.15, 0.2) is 0 Å². The molecule has 100 valence electrons. The first-order valence-electron chi connectivity index (χ1n) is 6.50. The zero-order chi connectivity index (χ0) is 12.8. The minimum atomic E-state index is -3.13. The Morgan fingerprint density at radius 3 is 1.50 bits per heavy atom. The normalized spacial score (nSPS) is 10.4. The standard InChI is InChI=1S/C12H26.H3O3P/c1-4-7-10-12(9-6-3)11-8-5-2;1-4(2)3/h12H,4-11H2,1-3H3;4H,(H2,1,2,3). The second-order valence-corrected chi connectivity index (χ2v) is 4.79. The van der Waals surface area contributed by atoms with Crippen LogP contribution in [0.4, 0.5) is 0 Å². The van der Waals surface area contributed by atoms with E-state index in [1.807, 2.05) is 0 Å². The van der Waals surface area contributed by atoms with E-state index in [1.54, 1.807) is 0 Å². The molecule has 0 rings (SSSR count).